The standard InChI is InChI=1S/C22H28F2N10/c1-14-15(13-27-34(14)22-29-20(26)28-21(30-22)31(2)3)5-4-6-32-7-9-33(10-8-32)16-11-17(23)19(25)18(24)12-16/h4-5,11-13H,6-10,25H2,1-3H3,(H2,26,28,29,30). The van der Waals surface area contributed by atoms with Crippen molar-refractivity contribution in [2.24, 2.45) is 0 Å². The van der Waals surface area contributed by atoms with Crippen LogP contribution in [0.15, 0.2) is 24.4 Å². The molecule has 0 atom stereocenters. The van der Waals surface area contributed by atoms with E-state index in [4.69, 9.17) is 11.5 Å². The molecule has 10 nitrogen and oxygen atoms in total. The van der Waals surface area contributed by atoms with Crippen LogP contribution < -0.4 is 21.3 Å². The number of nitrogen functional groups attached to an aromatic ring is 2. The second-order valence-corrected chi connectivity index (χ2v) is 8.30. The quantitative estimate of drug-likeness (QED) is 0.519. The minimum absolute atomic E-state index is 0.129. The van der Waals surface area contributed by atoms with E-state index in [1.807, 2.05) is 32.0 Å². The Labute approximate surface area is 196 Å². The highest BCUT2D eigenvalue weighted by Crippen LogP contribution is 2.24. The molecular weight excluding hydrogens is 442 g/mol. The van der Waals surface area contributed by atoms with E-state index in [1.165, 1.54) is 12.1 Å². The van der Waals surface area contributed by atoms with Gasteiger partial charge in [0.15, 0.2) is 11.6 Å². The number of halogens is 2. The Bertz CT molecular complexity index is 1180. The Hall–Kier alpha value is -3.80. The molecule has 2 aromatic heterocycles. The molecule has 4 N–H and O–H groups in total. The maximum Gasteiger partial charge on any atom is 0.257 e. The molecule has 3 aromatic rings. The van der Waals surface area contributed by atoms with Gasteiger partial charge in [-0.1, -0.05) is 12.2 Å². The highest BCUT2D eigenvalue weighted by molar-refractivity contribution is 5.56. The second kappa shape index (κ2) is 9.59. The van der Waals surface area contributed by atoms with Gasteiger partial charge in [-0.3, -0.25) is 4.90 Å². The van der Waals surface area contributed by atoms with Crippen molar-refractivity contribution < 1.29 is 8.78 Å². The molecular formula is C22H28F2N10. The van der Waals surface area contributed by atoms with Gasteiger partial charge in [0, 0.05) is 58.1 Å². The van der Waals surface area contributed by atoms with Crippen molar-refractivity contribution in [2.45, 2.75) is 6.92 Å². The van der Waals surface area contributed by atoms with Gasteiger partial charge in [0.1, 0.15) is 5.69 Å². The normalized spacial score (nSPS) is 14.8. The summed E-state index contributed by atoms with van der Waals surface area (Å²) in [6.45, 7) is 5.56. The van der Waals surface area contributed by atoms with Gasteiger partial charge in [-0.05, 0) is 19.1 Å². The van der Waals surface area contributed by atoms with Crippen LogP contribution in [0.2, 0.25) is 0 Å². The zero-order chi connectivity index (χ0) is 24.4. The molecule has 0 saturated carbocycles. The van der Waals surface area contributed by atoms with Crippen LogP contribution in [0.4, 0.5) is 32.1 Å². The molecule has 0 aliphatic carbocycles. The van der Waals surface area contributed by atoms with Crippen LogP contribution in [-0.4, -0.2) is 76.5 Å². The molecule has 0 bridgehead atoms. The number of benzene rings is 1. The van der Waals surface area contributed by atoms with Crippen LogP contribution in [0, 0.1) is 18.6 Å². The number of nitrogens with zero attached hydrogens (tertiary/aromatic N) is 8. The van der Waals surface area contributed by atoms with Gasteiger partial charge in [0.05, 0.1) is 11.9 Å². The Balaban J connectivity index is 1.37. The van der Waals surface area contributed by atoms with Crippen LogP contribution in [0.5, 0.6) is 0 Å². The third-order valence-corrected chi connectivity index (χ3v) is 5.73. The van der Waals surface area contributed by atoms with Crippen LogP contribution in [0.25, 0.3) is 12.0 Å². The number of hydrogen-bond acceptors (Lipinski definition) is 9. The number of rotatable bonds is 6. The monoisotopic (exact) mass is 470 g/mol. The van der Waals surface area contributed by atoms with Gasteiger partial charge in [0.25, 0.3) is 5.95 Å². The molecule has 1 fully saturated rings. The van der Waals surface area contributed by atoms with Gasteiger partial charge in [-0.25, -0.2) is 13.5 Å². The Morgan fingerprint density at radius 1 is 1.03 bits per heavy atom. The third-order valence-electron chi connectivity index (χ3n) is 5.73. The first-order chi connectivity index (χ1) is 16.2. The molecule has 0 unspecified atom stereocenters. The average Bonchev–Trinajstić information content (AvgIpc) is 3.17. The van der Waals surface area contributed by atoms with Crippen LogP contribution >= 0.6 is 0 Å². The topological polar surface area (TPSA) is 118 Å². The summed E-state index contributed by atoms with van der Waals surface area (Å²) >= 11 is 0. The minimum Gasteiger partial charge on any atom is -0.394 e. The number of aromatic nitrogens is 5. The fourth-order valence-electron chi connectivity index (χ4n) is 3.72. The van der Waals surface area contributed by atoms with E-state index in [2.05, 4.69) is 31.0 Å². The molecule has 1 aliphatic rings. The van der Waals surface area contributed by atoms with E-state index in [1.54, 1.807) is 15.8 Å². The lowest BCUT2D eigenvalue weighted by Crippen LogP contribution is -2.46. The number of piperazine rings is 1. The lowest BCUT2D eigenvalue weighted by Gasteiger charge is -2.35. The van der Waals surface area contributed by atoms with Crippen molar-refractivity contribution in [1.82, 2.24) is 29.6 Å². The summed E-state index contributed by atoms with van der Waals surface area (Å²) in [5.41, 5.74) is 13.1. The van der Waals surface area contributed by atoms with Gasteiger partial charge in [-0.15, -0.1) is 0 Å². The van der Waals surface area contributed by atoms with Crippen molar-refractivity contribution in [3.05, 3.63) is 47.3 Å². The summed E-state index contributed by atoms with van der Waals surface area (Å²) in [6.07, 6.45) is 5.83. The summed E-state index contributed by atoms with van der Waals surface area (Å²) in [5.74, 6) is -0.509. The zero-order valence-electron chi connectivity index (χ0n) is 19.4. The summed E-state index contributed by atoms with van der Waals surface area (Å²) in [7, 11) is 3.66. The number of anilines is 4. The summed E-state index contributed by atoms with van der Waals surface area (Å²) in [4.78, 5) is 18.7. The summed E-state index contributed by atoms with van der Waals surface area (Å²) in [5, 5.41) is 4.40. The third kappa shape index (κ3) is 4.91. The van der Waals surface area contributed by atoms with E-state index in [-0.39, 0.29) is 5.95 Å². The van der Waals surface area contributed by atoms with E-state index in [9.17, 15) is 8.78 Å². The highest BCUT2D eigenvalue weighted by atomic mass is 19.1. The summed E-state index contributed by atoms with van der Waals surface area (Å²) < 4.78 is 29.2. The Morgan fingerprint density at radius 2 is 1.71 bits per heavy atom. The molecule has 1 aromatic carbocycles. The fourth-order valence-corrected chi connectivity index (χ4v) is 3.72. The molecule has 1 saturated heterocycles. The molecule has 180 valence electrons. The Morgan fingerprint density at radius 3 is 2.35 bits per heavy atom. The lowest BCUT2D eigenvalue weighted by atomic mass is 10.2. The minimum atomic E-state index is -0.728. The first kappa shape index (κ1) is 23.4. The van der Waals surface area contributed by atoms with Crippen molar-refractivity contribution in [3.63, 3.8) is 0 Å². The zero-order valence-corrected chi connectivity index (χ0v) is 19.4. The van der Waals surface area contributed by atoms with Crippen LogP contribution in [-0.2, 0) is 0 Å². The van der Waals surface area contributed by atoms with Crippen molar-refractivity contribution >= 4 is 29.3 Å². The van der Waals surface area contributed by atoms with Gasteiger partial charge >= 0.3 is 0 Å². The fraction of sp³-hybridized carbons (Fsp3) is 0.364. The Kier molecular flexibility index (Phi) is 6.59. The molecule has 0 amide bonds. The number of hydrogen-bond donors (Lipinski definition) is 2. The van der Waals surface area contributed by atoms with E-state index in [0.29, 0.717) is 30.7 Å². The second-order valence-electron chi connectivity index (χ2n) is 8.30. The molecule has 3 heterocycles. The molecule has 0 radical (unpaired) electrons. The molecule has 1 aliphatic heterocycles. The average molecular weight is 471 g/mol. The smallest absolute Gasteiger partial charge is 0.257 e. The first-order valence-electron chi connectivity index (χ1n) is 10.8. The van der Waals surface area contributed by atoms with Crippen molar-refractivity contribution in [3.8, 4) is 5.95 Å². The summed E-state index contributed by atoms with van der Waals surface area (Å²) in [6, 6.07) is 2.58. The number of nitrogens with two attached hydrogens (primary N) is 2. The van der Waals surface area contributed by atoms with Gasteiger partial charge < -0.3 is 21.3 Å². The maximum absolute atomic E-state index is 13.8. The maximum atomic E-state index is 13.8. The predicted octanol–water partition coefficient (Wildman–Crippen LogP) is 1.71. The SMILES string of the molecule is Cc1c(C=CCN2CCN(c3cc(F)c(N)c(F)c3)CC2)cnn1-c1nc(N)nc(N(C)C)n1. The molecule has 4 rings (SSSR count). The van der Waals surface area contributed by atoms with Crippen molar-refractivity contribution in [2.75, 3.05) is 68.1 Å². The van der Waals surface area contributed by atoms with E-state index in [0.717, 1.165) is 30.9 Å². The molecule has 0 spiro atoms. The van der Waals surface area contributed by atoms with Gasteiger partial charge in [0.2, 0.25) is 11.9 Å². The highest BCUT2D eigenvalue weighted by Gasteiger charge is 2.19. The van der Waals surface area contributed by atoms with E-state index < -0.39 is 17.3 Å². The van der Waals surface area contributed by atoms with E-state index >= 15 is 0 Å². The van der Waals surface area contributed by atoms with Crippen molar-refractivity contribution in [1.29, 1.82) is 0 Å². The van der Waals surface area contributed by atoms with Gasteiger partial charge in [-0.2, -0.15) is 20.1 Å². The molecule has 34 heavy (non-hydrogen) atoms. The van der Waals surface area contributed by atoms with Crippen LogP contribution in [0.1, 0.15) is 11.3 Å². The first-order valence-corrected chi connectivity index (χ1v) is 10.8. The predicted molar refractivity (Wildman–Crippen MR) is 129 cm³/mol. The largest absolute Gasteiger partial charge is 0.394 e. The lowest BCUT2D eigenvalue weighted by molar-refractivity contribution is 0.284. The van der Waals surface area contributed by atoms with Crippen LogP contribution in [0.3, 0.4) is 0 Å². The molecule has 12 heteroatoms.